The van der Waals surface area contributed by atoms with Crippen LogP contribution in [-0.4, -0.2) is 16.2 Å². The Bertz CT molecular complexity index is 526. The Morgan fingerprint density at radius 2 is 2.25 bits per heavy atom. The van der Waals surface area contributed by atoms with Crippen molar-refractivity contribution in [2.24, 2.45) is 0 Å². The highest BCUT2D eigenvalue weighted by atomic mass is 35.5. The summed E-state index contributed by atoms with van der Waals surface area (Å²) in [6.07, 6.45) is 0. The van der Waals surface area contributed by atoms with Crippen molar-refractivity contribution in [2.45, 2.75) is 0 Å². The van der Waals surface area contributed by atoms with Crippen LogP contribution in [0.4, 0.5) is 11.6 Å². The van der Waals surface area contributed by atoms with Gasteiger partial charge in [-0.2, -0.15) is 0 Å². The zero-order chi connectivity index (χ0) is 11.5. The highest BCUT2D eigenvalue weighted by Gasteiger charge is 2.12. The Morgan fingerprint density at radius 3 is 2.88 bits per heavy atom. The molecule has 1 aromatic carbocycles. The molecule has 3 N–H and O–H groups in total. The van der Waals surface area contributed by atoms with Gasteiger partial charge >= 0.3 is 0 Å². The van der Waals surface area contributed by atoms with Gasteiger partial charge in [0.2, 0.25) is 11.6 Å². The number of hydrogen-bond donors (Lipinski definition) is 2. The molecule has 0 bridgehead atoms. The summed E-state index contributed by atoms with van der Waals surface area (Å²) in [4.78, 5) is 11.7. The monoisotopic (exact) mass is 238 g/mol. The van der Waals surface area contributed by atoms with Crippen molar-refractivity contribution in [3.8, 4) is 0 Å². The largest absolute Gasteiger partial charge is 0.378 e. The van der Waals surface area contributed by atoms with Crippen LogP contribution in [0.25, 0.3) is 0 Å². The minimum Gasteiger partial charge on any atom is -0.378 e. The number of nitrogens with one attached hydrogen (secondary N) is 1. The molecule has 0 aliphatic heterocycles. The number of rotatable bonds is 2. The van der Waals surface area contributed by atoms with Crippen LogP contribution in [0, 0.1) is 0 Å². The van der Waals surface area contributed by atoms with Gasteiger partial charge in [0.05, 0.1) is 0 Å². The van der Waals surface area contributed by atoms with Crippen LogP contribution in [0.3, 0.4) is 0 Å². The highest BCUT2D eigenvalue weighted by molar-refractivity contribution is 6.31. The van der Waals surface area contributed by atoms with Crippen molar-refractivity contribution >= 4 is 29.1 Å². The average Bonchev–Trinajstić information content (AvgIpc) is 2.64. The molecule has 82 valence electrons. The summed E-state index contributed by atoms with van der Waals surface area (Å²) < 4.78 is 4.34. The number of nitrogens with zero attached hydrogens (tertiary/aromatic N) is 2. The minimum absolute atomic E-state index is 0.0235. The first-order chi connectivity index (χ1) is 7.66. The van der Waals surface area contributed by atoms with Gasteiger partial charge in [0.25, 0.3) is 5.91 Å². The molecule has 0 spiro atoms. The van der Waals surface area contributed by atoms with Crippen LogP contribution in [0.1, 0.15) is 10.4 Å². The Balaban J connectivity index is 2.18. The molecule has 2 aromatic rings. The molecule has 0 fully saturated rings. The van der Waals surface area contributed by atoms with Crippen molar-refractivity contribution in [3.05, 3.63) is 34.9 Å². The number of carbonyl (C=O) groups excluding carboxylic acids is 1. The van der Waals surface area contributed by atoms with E-state index in [1.165, 1.54) is 6.07 Å². The van der Waals surface area contributed by atoms with Crippen molar-refractivity contribution in [2.75, 3.05) is 11.1 Å². The van der Waals surface area contributed by atoms with Gasteiger partial charge in [-0.3, -0.25) is 4.79 Å². The number of hydrogen-bond acceptors (Lipinski definition) is 5. The minimum atomic E-state index is -0.384. The van der Waals surface area contributed by atoms with Crippen LogP contribution in [0.2, 0.25) is 5.02 Å². The molecule has 0 saturated carbocycles. The summed E-state index contributed by atoms with van der Waals surface area (Å²) in [5, 5.41) is 9.67. The maximum absolute atomic E-state index is 11.7. The third-order valence-corrected chi connectivity index (χ3v) is 2.07. The zero-order valence-electron chi connectivity index (χ0n) is 7.98. The molecule has 0 aliphatic rings. The summed E-state index contributed by atoms with van der Waals surface area (Å²) >= 11 is 5.75. The average molecular weight is 239 g/mol. The molecule has 2 rings (SSSR count). The van der Waals surface area contributed by atoms with E-state index in [4.69, 9.17) is 17.3 Å². The van der Waals surface area contributed by atoms with Gasteiger partial charge in [0.15, 0.2) is 0 Å². The summed E-state index contributed by atoms with van der Waals surface area (Å²) in [5.74, 6) is -0.273. The lowest BCUT2D eigenvalue weighted by molar-refractivity contribution is 0.102. The lowest BCUT2D eigenvalue weighted by Gasteiger charge is -2.01. The van der Waals surface area contributed by atoms with Gasteiger partial charge in [-0.1, -0.05) is 17.7 Å². The van der Waals surface area contributed by atoms with E-state index >= 15 is 0 Å². The number of nitrogen functional groups attached to an aromatic ring is 1. The van der Waals surface area contributed by atoms with E-state index < -0.39 is 0 Å². The van der Waals surface area contributed by atoms with Gasteiger partial charge < -0.3 is 11.1 Å². The van der Waals surface area contributed by atoms with E-state index in [1.54, 1.807) is 18.2 Å². The predicted octanol–water partition coefficient (Wildman–Crippen LogP) is 1.56. The van der Waals surface area contributed by atoms with E-state index in [0.717, 1.165) is 0 Å². The summed E-state index contributed by atoms with van der Waals surface area (Å²) in [6.45, 7) is 0. The molecule has 7 heteroatoms. The molecule has 1 amide bonds. The third kappa shape index (κ3) is 2.12. The molecule has 0 atom stereocenters. The zero-order valence-corrected chi connectivity index (χ0v) is 8.73. The molecule has 0 saturated heterocycles. The molecule has 0 radical (unpaired) electrons. The SMILES string of the molecule is Nc1nonc1NC(=O)c1cccc(Cl)c1. The van der Waals surface area contributed by atoms with E-state index in [2.05, 4.69) is 20.3 Å². The number of aromatic nitrogens is 2. The first-order valence-electron chi connectivity index (χ1n) is 4.32. The number of anilines is 2. The number of nitrogens with two attached hydrogens (primary N) is 1. The molecule has 0 unspecified atom stereocenters. The van der Waals surface area contributed by atoms with Gasteiger partial charge in [-0.25, -0.2) is 4.63 Å². The Kier molecular flexibility index (Phi) is 2.74. The molecule has 1 heterocycles. The first-order valence-corrected chi connectivity index (χ1v) is 4.69. The van der Waals surface area contributed by atoms with Gasteiger partial charge in [-0.15, -0.1) is 0 Å². The fraction of sp³-hybridized carbons (Fsp3) is 0. The standard InChI is InChI=1S/C9H7ClN4O2/c10-6-3-1-2-5(4-6)9(15)12-8-7(11)13-16-14-8/h1-4H,(H2,11,13)(H,12,14,15). The van der Waals surface area contributed by atoms with Crippen LogP contribution in [0.5, 0.6) is 0 Å². The fourth-order valence-electron chi connectivity index (χ4n) is 1.09. The first kappa shape index (κ1) is 10.4. The second-order valence-electron chi connectivity index (χ2n) is 2.96. The van der Waals surface area contributed by atoms with Gasteiger partial charge in [0.1, 0.15) is 0 Å². The van der Waals surface area contributed by atoms with Crippen molar-refractivity contribution in [1.82, 2.24) is 10.3 Å². The molecule has 6 nitrogen and oxygen atoms in total. The predicted molar refractivity (Wildman–Crippen MR) is 58.1 cm³/mol. The van der Waals surface area contributed by atoms with E-state index in [1.807, 2.05) is 0 Å². The molecule has 1 aromatic heterocycles. The van der Waals surface area contributed by atoms with Crippen LogP contribution in [-0.2, 0) is 0 Å². The Labute approximate surface area is 95.3 Å². The quantitative estimate of drug-likeness (QED) is 0.828. The number of amides is 1. The van der Waals surface area contributed by atoms with E-state index in [9.17, 15) is 4.79 Å². The Morgan fingerprint density at radius 1 is 1.44 bits per heavy atom. The number of halogens is 1. The summed E-state index contributed by atoms with van der Waals surface area (Å²) in [7, 11) is 0. The van der Waals surface area contributed by atoms with Crippen LogP contribution >= 0.6 is 11.6 Å². The maximum Gasteiger partial charge on any atom is 0.257 e. The van der Waals surface area contributed by atoms with Crippen LogP contribution < -0.4 is 11.1 Å². The normalized spacial score (nSPS) is 10.1. The van der Waals surface area contributed by atoms with E-state index in [-0.39, 0.29) is 17.5 Å². The molecular weight excluding hydrogens is 232 g/mol. The summed E-state index contributed by atoms with van der Waals surface area (Å²) in [6, 6.07) is 6.48. The number of carbonyl (C=O) groups is 1. The van der Waals surface area contributed by atoms with Gasteiger partial charge in [-0.05, 0) is 28.5 Å². The number of benzene rings is 1. The third-order valence-electron chi connectivity index (χ3n) is 1.83. The summed E-state index contributed by atoms with van der Waals surface area (Å²) in [5.41, 5.74) is 5.79. The van der Waals surface area contributed by atoms with Crippen molar-refractivity contribution in [3.63, 3.8) is 0 Å². The lowest BCUT2D eigenvalue weighted by atomic mass is 10.2. The second-order valence-corrected chi connectivity index (χ2v) is 3.40. The Hall–Kier alpha value is -2.08. The fourth-order valence-corrected chi connectivity index (χ4v) is 1.28. The van der Waals surface area contributed by atoms with Crippen LogP contribution in [0.15, 0.2) is 28.9 Å². The molecule has 0 aliphatic carbocycles. The van der Waals surface area contributed by atoms with Crippen molar-refractivity contribution in [1.29, 1.82) is 0 Å². The molecular formula is C9H7ClN4O2. The second kappa shape index (κ2) is 4.19. The topological polar surface area (TPSA) is 94.0 Å². The highest BCUT2D eigenvalue weighted by Crippen LogP contribution is 2.15. The maximum atomic E-state index is 11.7. The van der Waals surface area contributed by atoms with Crippen molar-refractivity contribution < 1.29 is 9.42 Å². The van der Waals surface area contributed by atoms with Gasteiger partial charge in [0, 0.05) is 10.6 Å². The smallest absolute Gasteiger partial charge is 0.257 e. The van der Waals surface area contributed by atoms with E-state index in [0.29, 0.717) is 10.6 Å². The molecule has 16 heavy (non-hydrogen) atoms. The lowest BCUT2D eigenvalue weighted by Crippen LogP contribution is -2.13.